The van der Waals surface area contributed by atoms with Gasteiger partial charge in [0.05, 0.1) is 30.3 Å². The molecule has 0 unspecified atom stereocenters. The van der Waals surface area contributed by atoms with E-state index < -0.39 is 34.1 Å². The predicted molar refractivity (Wildman–Crippen MR) is 136 cm³/mol. The van der Waals surface area contributed by atoms with Crippen molar-refractivity contribution < 1.29 is 32.2 Å². The van der Waals surface area contributed by atoms with Gasteiger partial charge in [-0.3, -0.25) is 0 Å². The van der Waals surface area contributed by atoms with Gasteiger partial charge in [0.2, 0.25) is 10.0 Å². The van der Waals surface area contributed by atoms with Gasteiger partial charge in [0, 0.05) is 19.5 Å². The molecule has 0 spiro atoms. The van der Waals surface area contributed by atoms with E-state index in [9.17, 15) is 22.7 Å². The fourth-order valence-electron chi connectivity index (χ4n) is 4.94. The van der Waals surface area contributed by atoms with Crippen LogP contribution in [0, 0.1) is 11.7 Å². The van der Waals surface area contributed by atoms with Crippen molar-refractivity contribution >= 4 is 16.1 Å². The number of benzene rings is 2. The van der Waals surface area contributed by atoms with Crippen molar-refractivity contribution in [3.63, 3.8) is 0 Å². The number of nitrogens with one attached hydrogen (secondary N) is 1. The first-order chi connectivity index (χ1) is 17.8. The Morgan fingerprint density at radius 2 is 1.81 bits per heavy atom. The molecule has 1 saturated carbocycles. The van der Waals surface area contributed by atoms with Crippen LogP contribution in [-0.4, -0.2) is 68.5 Å². The van der Waals surface area contributed by atoms with Crippen molar-refractivity contribution in [3.8, 4) is 0 Å². The Balaban J connectivity index is 1.53. The lowest BCUT2D eigenvalue weighted by atomic mass is 10.0. The zero-order valence-corrected chi connectivity index (χ0v) is 21.6. The first kappa shape index (κ1) is 27.5. The number of ether oxygens (including phenoxy) is 2. The van der Waals surface area contributed by atoms with Gasteiger partial charge in [0.1, 0.15) is 11.9 Å². The number of aliphatic hydroxyl groups is 1. The number of aliphatic hydroxyl groups excluding tert-OH is 1. The third-order valence-corrected chi connectivity index (χ3v) is 8.85. The summed E-state index contributed by atoms with van der Waals surface area (Å²) in [5.74, 6) is -0.352. The summed E-state index contributed by atoms with van der Waals surface area (Å²) in [5, 5.41) is 14.1. The Morgan fingerprint density at radius 3 is 2.46 bits per heavy atom. The molecule has 0 bridgehead atoms. The van der Waals surface area contributed by atoms with E-state index in [4.69, 9.17) is 9.47 Å². The summed E-state index contributed by atoms with van der Waals surface area (Å²) >= 11 is 0. The summed E-state index contributed by atoms with van der Waals surface area (Å²) in [6, 6.07) is 13.2. The zero-order valence-electron chi connectivity index (χ0n) is 20.8. The molecule has 10 heteroatoms. The van der Waals surface area contributed by atoms with Crippen molar-refractivity contribution in [2.45, 2.75) is 61.7 Å². The van der Waals surface area contributed by atoms with E-state index >= 15 is 0 Å². The minimum atomic E-state index is -4.01. The fraction of sp³-hybridized carbons (Fsp3) is 0.519. The number of hydrogen-bond acceptors (Lipinski definition) is 6. The maximum atomic E-state index is 13.6. The number of halogens is 1. The van der Waals surface area contributed by atoms with E-state index in [0.29, 0.717) is 19.6 Å². The Hall–Kier alpha value is -2.53. The van der Waals surface area contributed by atoms with Gasteiger partial charge in [0.25, 0.3) is 0 Å². The molecule has 8 nitrogen and oxygen atoms in total. The zero-order chi connectivity index (χ0) is 26.3. The number of nitrogens with zero attached hydrogens (tertiary/aromatic N) is 1. The molecule has 0 radical (unpaired) electrons. The molecule has 4 rings (SSSR count). The largest absolute Gasteiger partial charge is 0.444 e. The van der Waals surface area contributed by atoms with Crippen molar-refractivity contribution in [1.29, 1.82) is 0 Å². The second-order valence-corrected chi connectivity index (χ2v) is 11.8. The molecule has 202 valence electrons. The highest BCUT2D eigenvalue weighted by Gasteiger charge is 2.33. The third kappa shape index (κ3) is 7.73. The van der Waals surface area contributed by atoms with Crippen LogP contribution < -0.4 is 5.32 Å². The monoisotopic (exact) mass is 534 g/mol. The first-order valence-electron chi connectivity index (χ1n) is 12.8. The lowest BCUT2D eigenvalue weighted by molar-refractivity contribution is 0.0641. The fourth-order valence-corrected chi connectivity index (χ4v) is 6.47. The minimum absolute atomic E-state index is 0.0349. The number of carbonyl (C=O) groups excluding carboxylic acids is 1. The molecule has 2 fully saturated rings. The van der Waals surface area contributed by atoms with Crippen LogP contribution in [0.1, 0.15) is 37.7 Å². The minimum Gasteiger partial charge on any atom is -0.444 e. The first-order valence-corrected chi connectivity index (χ1v) is 14.3. The number of rotatable bonds is 11. The molecule has 1 aliphatic heterocycles. The lowest BCUT2D eigenvalue weighted by Gasteiger charge is -2.31. The van der Waals surface area contributed by atoms with Crippen LogP contribution in [0.25, 0.3) is 0 Å². The summed E-state index contributed by atoms with van der Waals surface area (Å²) in [5.41, 5.74) is 0.875. The van der Waals surface area contributed by atoms with Crippen LogP contribution in [-0.2, 0) is 25.9 Å². The van der Waals surface area contributed by atoms with Crippen molar-refractivity contribution in [1.82, 2.24) is 9.62 Å². The lowest BCUT2D eigenvalue weighted by Crippen LogP contribution is -2.51. The standard InChI is InChI=1S/C27H35FN2O6S/c28-22-10-12-24(13-11-22)37(33,34)30(17-21-8-4-5-9-21)18-26(31)25(16-20-6-2-1-3-7-20)29-27(32)36-23-14-15-35-19-23/h1-3,6-7,10-13,21,23,25-26,31H,4-5,8-9,14-19H2,(H,29,32)/t23-,25+,26-/m1/s1. The van der Waals surface area contributed by atoms with Crippen LogP contribution in [0.4, 0.5) is 9.18 Å². The van der Waals surface area contributed by atoms with Gasteiger partial charge in [-0.1, -0.05) is 43.2 Å². The van der Waals surface area contributed by atoms with Gasteiger partial charge in [0.15, 0.2) is 0 Å². The van der Waals surface area contributed by atoms with Crippen LogP contribution >= 0.6 is 0 Å². The van der Waals surface area contributed by atoms with Crippen LogP contribution in [0.5, 0.6) is 0 Å². The summed E-state index contributed by atoms with van der Waals surface area (Å²) in [4.78, 5) is 12.6. The molecule has 2 aromatic carbocycles. The van der Waals surface area contributed by atoms with Crippen molar-refractivity contribution in [2.24, 2.45) is 5.92 Å². The average molecular weight is 535 g/mol. The van der Waals surface area contributed by atoms with Crippen LogP contribution in [0.2, 0.25) is 0 Å². The highest BCUT2D eigenvalue weighted by atomic mass is 32.2. The average Bonchev–Trinajstić information content (AvgIpc) is 3.58. The molecule has 2 aliphatic rings. The highest BCUT2D eigenvalue weighted by Crippen LogP contribution is 2.28. The van der Waals surface area contributed by atoms with Gasteiger partial charge < -0.3 is 19.9 Å². The Labute approximate surface area is 217 Å². The molecule has 37 heavy (non-hydrogen) atoms. The number of alkyl carbamates (subject to hydrolysis) is 1. The molecular formula is C27H35FN2O6S. The topological polar surface area (TPSA) is 105 Å². The van der Waals surface area contributed by atoms with Gasteiger partial charge in [-0.2, -0.15) is 4.31 Å². The molecule has 1 saturated heterocycles. The van der Waals surface area contributed by atoms with Gasteiger partial charge >= 0.3 is 6.09 Å². The summed E-state index contributed by atoms with van der Waals surface area (Å²) in [6.45, 7) is 0.870. The quantitative estimate of drug-likeness (QED) is 0.457. The molecular weight excluding hydrogens is 499 g/mol. The number of sulfonamides is 1. The summed E-state index contributed by atoms with van der Waals surface area (Å²) in [6.07, 6.45) is 2.52. The third-order valence-electron chi connectivity index (χ3n) is 7.01. The maximum absolute atomic E-state index is 13.6. The van der Waals surface area contributed by atoms with E-state index in [0.717, 1.165) is 43.4 Å². The molecule has 0 aromatic heterocycles. The normalized spacial score (nSPS) is 20.1. The molecule has 1 amide bonds. The second kappa shape index (κ2) is 12.8. The van der Waals surface area contributed by atoms with Crippen LogP contribution in [0.3, 0.4) is 0 Å². The molecule has 2 N–H and O–H groups in total. The maximum Gasteiger partial charge on any atom is 0.407 e. The van der Waals surface area contributed by atoms with E-state index in [-0.39, 0.29) is 36.4 Å². The second-order valence-electron chi connectivity index (χ2n) is 9.83. The van der Waals surface area contributed by atoms with Crippen molar-refractivity contribution in [2.75, 3.05) is 26.3 Å². The SMILES string of the molecule is O=C(N[C@@H](Cc1ccccc1)[C@H](O)CN(CC1CCCC1)S(=O)(=O)c1ccc(F)cc1)O[C@@H]1CCOC1. The summed E-state index contributed by atoms with van der Waals surface area (Å²) in [7, 11) is -4.01. The molecule has 2 aromatic rings. The highest BCUT2D eigenvalue weighted by molar-refractivity contribution is 7.89. The van der Waals surface area contributed by atoms with Gasteiger partial charge in [-0.15, -0.1) is 0 Å². The van der Waals surface area contributed by atoms with Gasteiger partial charge in [-0.25, -0.2) is 17.6 Å². The predicted octanol–water partition coefficient (Wildman–Crippen LogP) is 3.49. The van der Waals surface area contributed by atoms with E-state index in [1.54, 1.807) is 0 Å². The Morgan fingerprint density at radius 1 is 1.11 bits per heavy atom. The van der Waals surface area contributed by atoms with E-state index in [2.05, 4.69) is 5.32 Å². The molecule has 1 aliphatic carbocycles. The Kier molecular flexibility index (Phi) is 9.53. The van der Waals surface area contributed by atoms with E-state index in [1.807, 2.05) is 30.3 Å². The van der Waals surface area contributed by atoms with Crippen molar-refractivity contribution in [3.05, 3.63) is 66.0 Å². The van der Waals surface area contributed by atoms with Gasteiger partial charge in [-0.05, 0) is 55.0 Å². The van der Waals surface area contributed by atoms with E-state index in [1.165, 1.54) is 16.4 Å². The smallest absolute Gasteiger partial charge is 0.407 e. The van der Waals surface area contributed by atoms with Crippen LogP contribution in [0.15, 0.2) is 59.5 Å². The molecule has 3 atom stereocenters. The number of carbonyl (C=O) groups is 1. The number of amides is 1. The molecule has 1 heterocycles. The summed E-state index contributed by atoms with van der Waals surface area (Å²) < 4.78 is 52.6. The number of hydrogen-bond donors (Lipinski definition) is 2. The Bertz CT molecular complexity index is 1100.